The number of nitro groups is 3. The van der Waals surface area contributed by atoms with Crippen LogP contribution in [0, 0.1) is 30.3 Å². The smallest absolute Gasteiger partial charge is 0.269 e. The Bertz CT molecular complexity index is 5020. The number of anilines is 6. The van der Waals surface area contributed by atoms with Crippen LogP contribution in [-0.4, -0.2) is 238 Å². The zero-order valence-corrected chi connectivity index (χ0v) is 69.4. The molecule has 0 radical (unpaired) electrons. The number of non-ortho nitro benzene ring substituents is 3. The van der Waals surface area contributed by atoms with Crippen molar-refractivity contribution in [2.24, 2.45) is 5.73 Å². The number of morpholine rings is 3. The van der Waals surface area contributed by atoms with Crippen LogP contribution in [0.25, 0.3) is 45.6 Å². The monoisotopic (exact) mass is 1730 g/mol. The molecule has 0 aliphatic carbocycles. The van der Waals surface area contributed by atoms with Crippen molar-refractivity contribution in [2.75, 3.05) is 145 Å². The van der Waals surface area contributed by atoms with Crippen LogP contribution >= 0.6 is 34.8 Å². The standard InChI is InChI=1S/C19H23N5O5S.C19H25N5O3S.C13H13ClN4O4S.C10H5Cl2N3O2.C6H11NO.C3H9NO2S.C2H6/c1-30(27,28)9-8-20-17-10-18(23-15-6-7-16(23)12-29-11-15)22-19(21-17)13-2-4-14(5-3-13)24(25)26;1-28(25,26)9-8-21-17-10-18(24-15-6-7-16(24)12-27-11-15)23-19(22-17)13-2-4-14(20)5-3-13;1-23(21,22)7-6-15-12-8-11(14)16-13(17-12)9-2-4-10(5-3-9)18(19)20;11-8-5-9(12)14-10(13-8)6-1-3-7(4-2-6)15(16)17;1-2-6-4-8-3-5(1)7-6;1-7(5,6)3-2-4;1-2/h2-5,10,15-16H,6-9,11-12H2,1H3,(H,20,21,22);2-5,10,15-16H,6-9,11-12,20H2,1H3,(H,21,22,23);2-5,8H,6-7H2,1H3,(H,15,16,17);1-5H;5-7H,1-4H2;2-4H2,1H3;1-2H3. The number of benzene rings is 4. The summed E-state index contributed by atoms with van der Waals surface area (Å²) in [6, 6.07) is 34.1. The highest BCUT2D eigenvalue weighted by Gasteiger charge is 2.40. The molecule has 4 aromatic carbocycles. The molecule has 0 spiro atoms. The first-order valence-corrected chi connectivity index (χ1v) is 45.7. The Morgan fingerprint density at radius 2 is 0.696 bits per heavy atom. The van der Waals surface area contributed by atoms with Crippen LogP contribution in [0.4, 0.5) is 51.8 Å². The summed E-state index contributed by atoms with van der Waals surface area (Å²) in [6.45, 7) is 9.51. The molecule has 36 nitrogen and oxygen atoms in total. The number of fused-ring (bicyclic) bond motifs is 6. The lowest BCUT2D eigenvalue weighted by Crippen LogP contribution is -2.46. The minimum Gasteiger partial charge on any atom is -0.399 e. The molecule has 115 heavy (non-hydrogen) atoms. The van der Waals surface area contributed by atoms with Gasteiger partial charge in [0.15, 0.2) is 23.3 Å². The summed E-state index contributed by atoms with van der Waals surface area (Å²) >= 11 is 17.4. The fourth-order valence-electron chi connectivity index (χ4n) is 12.4. The van der Waals surface area contributed by atoms with Crippen molar-refractivity contribution in [3.63, 3.8) is 0 Å². The number of aromatic nitrogens is 8. The van der Waals surface area contributed by atoms with Gasteiger partial charge in [0, 0.05) is 152 Å². The van der Waals surface area contributed by atoms with E-state index in [1.54, 1.807) is 24.3 Å². The van der Waals surface area contributed by atoms with E-state index in [4.69, 9.17) is 70.4 Å². The predicted octanol–water partition coefficient (Wildman–Crippen LogP) is 9.10. The van der Waals surface area contributed by atoms with Gasteiger partial charge < -0.3 is 56.7 Å². The van der Waals surface area contributed by atoms with Crippen LogP contribution in [0.3, 0.4) is 0 Å². The molecule has 14 rings (SSSR count). The largest absolute Gasteiger partial charge is 0.399 e. The summed E-state index contributed by atoms with van der Waals surface area (Å²) in [5, 5.41) is 45.2. The summed E-state index contributed by atoms with van der Waals surface area (Å²) in [5.41, 5.74) is 14.1. The minimum absolute atomic E-state index is 0.00174. The molecule has 8 aromatic rings. The van der Waals surface area contributed by atoms with Crippen LogP contribution in [-0.2, 0) is 53.6 Å². The van der Waals surface area contributed by atoms with E-state index in [2.05, 4.69) is 61.0 Å². The highest BCUT2D eigenvalue weighted by atomic mass is 35.5. The van der Waals surface area contributed by atoms with Crippen molar-refractivity contribution >= 4 is 126 Å². The number of halogens is 3. The van der Waals surface area contributed by atoms with Gasteiger partial charge in [-0.05, 0) is 99.2 Å². The van der Waals surface area contributed by atoms with E-state index in [9.17, 15) is 64.0 Å². The minimum atomic E-state index is -3.10. The van der Waals surface area contributed by atoms with Gasteiger partial charge in [0.2, 0.25) is 0 Å². The second-order valence-electron chi connectivity index (χ2n) is 27.1. The number of nitrogens with two attached hydrogens (primary N) is 2. The SMILES string of the molecule is C1CC2COCC1N2.CC.CS(=O)(=O)CCN.CS(=O)(=O)CCNc1cc(Cl)nc(-c2ccc([N+](=O)[O-])cc2)n1.CS(=O)(=O)CCNc1cc(N2C3CCC2COC3)nc(-c2ccc(N)cc2)n1.CS(=O)(=O)CCNc1cc(N2C3CCC2COC3)nc(-c2ccc([N+](=O)[O-])cc2)n1.O=[N+]([O-])c1ccc(-c2nc(Cl)cc(Cl)n2)cc1. The molecule has 6 saturated heterocycles. The quantitative estimate of drug-likeness (QED) is 0.0150. The Balaban J connectivity index is 0.000000181. The van der Waals surface area contributed by atoms with Gasteiger partial charge in [-0.25, -0.2) is 73.5 Å². The lowest BCUT2D eigenvalue weighted by molar-refractivity contribution is -0.385. The molecule has 0 amide bonds. The third-order valence-electron chi connectivity index (χ3n) is 17.8. The van der Waals surface area contributed by atoms with E-state index >= 15 is 0 Å². The lowest BCUT2D eigenvalue weighted by atomic mass is 10.2. The summed E-state index contributed by atoms with van der Waals surface area (Å²) in [6.07, 6.45) is 11.6. The summed E-state index contributed by atoms with van der Waals surface area (Å²) in [7, 11) is -12.0. The molecule has 622 valence electrons. The van der Waals surface area contributed by atoms with Crippen molar-refractivity contribution in [1.29, 1.82) is 0 Å². The zero-order valence-electron chi connectivity index (χ0n) is 63.8. The Labute approximate surface area is 681 Å². The number of rotatable bonds is 23. The van der Waals surface area contributed by atoms with Crippen molar-refractivity contribution in [2.45, 2.75) is 88.6 Å². The zero-order chi connectivity index (χ0) is 83.8. The van der Waals surface area contributed by atoms with Gasteiger partial charge in [-0.1, -0.05) is 48.7 Å². The van der Waals surface area contributed by atoms with E-state index < -0.39 is 54.1 Å². The van der Waals surface area contributed by atoms with Crippen LogP contribution in [0.2, 0.25) is 15.5 Å². The normalized spacial score (nSPS) is 18.4. The van der Waals surface area contributed by atoms with Crippen molar-refractivity contribution < 1.29 is 62.7 Å². The fraction of sp³-hybridized carbons (Fsp3) is 0.444. The fourth-order valence-corrected chi connectivity index (χ4v) is 14.8. The summed E-state index contributed by atoms with van der Waals surface area (Å²) in [4.78, 5) is 70.1. The third-order valence-corrected chi connectivity index (χ3v) is 22.2. The van der Waals surface area contributed by atoms with Gasteiger partial charge in [0.25, 0.3) is 17.1 Å². The molecule has 0 saturated carbocycles. The first-order chi connectivity index (χ1) is 54.5. The topological polar surface area (TPSA) is 503 Å². The second kappa shape index (κ2) is 42.5. The van der Waals surface area contributed by atoms with E-state index in [-0.39, 0.29) is 93.1 Å². The third kappa shape index (κ3) is 29.7. The first-order valence-electron chi connectivity index (χ1n) is 36.3. The first kappa shape index (κ1) is 91.2. The Hall–Kier alpha value is -9.33. The van der Waals surface area contributed by atoms with Gasteiger partial charge in [0.1, 0.15) is 83.9 Å². The number of ether oxygens (including phenoxy) is 3. The lowest BCUT2D eigenvalue weighted by Gasteiger charge is -2.35. The molecule has 43 heteroatoms. The molecule has 6 aliphatic rings. The van der Waals surface area contributed by atoms with Gasteiger partial charge in [-0.3, -0.25) is 30.3 Å². The van der Waals surface area contributed by atoms with Crippen LogP contribution in [0.5, 0.6) is 0 Å². The molecule has 8 N–H and O–H groups in total. The van der Waals surface area contributed by atoms with Gasteiger partial charge in [-0.2, -0.15) is 0 Å². The summed E-state index contributed by atoms with van der Waals surface area (Å²) in [5.74, 6) is 4.82. The Kier molecular flexibility index (Phi) is 33.7. The van der Waals surface area contributed by atoms with E-state index in [0.717, 1.165) is 62.4 Å². The average molecular weight is 1730 g/mol. The van der Waals surface area contributed by atoms with Gasteiger partial charge >= 0.3 is 0 Å². The average Bonchev–Trinajstić information content (AvgIpc) is 1.68. The molecule has 6 unspecified atom stereocenters. The maximum absolute atomic E-state index is 11.5. The molecule has 6 atom stereocenters. The number of hydrogen-bond donors (Lipinski definition) is 6. The van der Waals surface area contributed by atoms with Crippen molar-refractivity contribution in [3.8, 4) is 45.6 Å². The Morgan fingerprint density at radius 3 is 0.983 bits per heavy atom. The predicted molar refractivity (Wildman–Crippen MR) is 445 cm³/mol. The second-order valence-corrected chi connectivity index (χ2v) is 37.3. The maximum Gasteiger partial charge on any atom is 0.269 e. The number of nitrogens with zero attached hydrogens (tertiary/aromatic N) is 13. The van der Waals surface area contributed by atoms with Crippen LogP contribution in [0.15, 0.2) is 121 Å². The van der Waals surface area contributed by atoms with Crippen LogP contribution < -0.4 is 42.5 Å². The van der Waals surface area contributed by atoms with E-state index in [0.29, 0.717) is 114 Å². The van der Waals surface area contributed by atoms with Crippen molar-refractivity contribution in [3.05, 3.63) is 167 Å². The van der Waals surface area contributed by atoms with Crippen LogP contribution in [0.1, 0.15) is 52.4 Å². The number of sulfone groups is 4. The number of nitrogen functional groups attached to an aromatic ring is 1. The maximum atomic E-state index is 11.5. The molecule has 6 bridgehead atoms. The summed E-state index contributed by atoms with van der Waals surface area (Å²) < 4.78 is 105. The molecular formula is C72H92Cl3N19O17S4. The molecular weight excluding hydrogens is 1640 g/mol. The highest BCUT2D eigenvalue weighted by molar-refractivity contribution is 7.91. The van der Waals surface area contributed by atoms with E-state index in [1.807, 2.05) is 50.2 Å². The van der Waals surface area contributed by atoms with E-state index in [1.165, 1.54) is 92.3 Å². The molecule has 6 aliphatic heterocycles. The number of hydrogen-bond acceptors (Lipinski definition) is 33. The van der Waals surface area contributed by atoms with Crippen molar-refractivity contribution in [1.82, 2.24) is 45.2 Å². The highest BCUT2D eigenvalue weighted by Crippen LogP contribution is 2.37. The van der Waals surface area contributed by atoms with Gasteiger partial charge in [0.05, 0.1) is 102 Å². The van der Waals surface area contributed by atoms with Gasteiger partial charge in [-0.15, -0.1) is 0 Å². The molecule has 4 aromatic heterocycles. The number of nitrogens with one attached hydrogen (secondary N) is 4. The Morgan fingerprint density at radius 1 is 0.417 bits per heavy atom. The molecule has 10 heterocycles. The number of nitro benzene ring substituents is 3. The molecule has 6 fully saturated rings.